The molecule has 0 unspecified atom stereocenters. The molecule has 0 aliphatic rings. The predicted octanol–water partition coefficient (Wildman–Crippen LogP) is 3.80. The van der Waals surface area contributed by atoms with Crippen molar-refractivity contribution in [3.8, 4) is 0 Å². The standard InChI is InChI=1S/C18H19N3O/c1-13(2)21-17(9-10-19-21)20-18(22)12-14-7-8-15-5-3-4-6-16(15)11-14/h3-11,13H,12H2,1-2H3,(H,20,22). The molecule has 22 heavy (non-hydrogen) atoms. The van der Waals surface area contributed by atoms with Crippen LogP contribution in [0.1, 0.15) is 25.5 Å². The molecular weight excluding hydrogens is 274 g/mol. The lowest BCUT2D eigenvalue weighted by molar-refractivity contribution is -0.115. The molecule has 0 aliphatic carbocycles. The molecule has 0 saturated carbocycles. The predicted molar refractivity (Wildman–Crippen MR) is 88.9 cm³/mol. The highest BCUT2D eigenvalue weighted by molar-refractivity contribution is 5.92. The van der Waals surface area contributed by atoms with Crippen molar-refractivity contribution >= 4 is 22.5 Å². The minimum atomic E-state index is -0.0299. The first-order chi connectivity index (χ1) is 10.6. The molecule has 0 bridgehead atoms. The number of fused-ring (bicyclic) bond motifs is 1. The summed E-state index contributed by atoms with van der Waals surface area (Å²) in [6, 6.07) is 16.3. The molecule has 0 spiro atoms. The minimum absolute atomic E-state index is 0.0299. The summed E-state index contributed by atoms with van der Waals surface area (Å²) < 4.78 is 1.80. The molecule has 1 aromatic heterocycles. The van der Waals surface area contributed by atoms with E-state index in [1.54, 1.807) is 10.9 Å². The molecule has 0 atom stereocenters. The number of nitrogens with one attached hydrogen (secondary N) is 1. The van der Waals surface area contributed by atoms with Gasteiger partial charge in [-0.25, -0.2) is 4.68 Å². The first kappa shape index (κ1) is 14.3. The molecule has 0 aliphatic heterocycles. The number of nitrogens with zero attached hydrogens (tertiary/aromatic N) is 2. The second-order valence-corrected chi connectivity index (χ2v) is 5.66. The van der Waals surface area contributed by atoms with E-state index in [0.29, 0.717) is 6.42 Å². The summed E-state index contributed by atoms with van der Waals surface area (Å²) >= 11 is 0. The summed E-state index contributed by atoms with van der Waals surface area (Å²) in [4.78, 5) is 12.2. The smallest absolute Gasteiger partial charge is 0.229 e. The summed E-state index contributed by atoms with van der Waals surface area (Å²) in [5.41, 5.74) is 1.01. The third-order valence-corrected chi connectivity index (χ3v) is 3.61. The molecule has 4 heteroatoms. The third-order valence-electron chi connectivity index (χ3n) is 3.61. The SMILES string of the molecule is CC(C)n1nccc1NC(=O)Cc1ccc2ccccc2c1. The third kappa shape index (κ3) is 3.01. The maximum Gasteiger partial charge on any atom is 0.229 e. The maximum absolute atomic E-state index is 12.2. The minimum Gasteiger partial charge on any atom is -0.311 e. The molecule has 1 amide bonds. The zero-order valence-electron chi connectivity index (χ0n) is 12.8. The highest BCUT2D eigenvalue weighted by atomic mass is 16.1. The summed E-state index contributed by atoms with van der Waals surface area (Å²) in [6.07, 6.45) is 2.06. The molecule has 1 N–H and O–H groups in total. The van der Waals surface area contributed by atoms with Crippen LogP contribution in [0, 0.1) is 0 Å². The molecule has 4 nitrogen and oxygen atoms in total. The van der Waals surface area contributed by atoms with E-state index < -0.39 is 0 Å². The largest absolute Gasteiger partial charge is 0.311 e. The zero-order chi connectivity index (χ0) is 15.5. The first-order valence-corrected chi connectivity index (χ1v) is 7.44. The van der Waals surface area contributed by atoms with Gasteiger partial charge in [-0.2, -0.15) is 5.10 Å². The van der Waals surface area contributed by atoms with Gasteiger partial charge < -0.3 is 5.32 Å². The normalized spacial score (nSPS) is 11.0. The van der Waals surface area contributed by atoms with Crippen molar-refractivity contribution in [1.82, 2.24) is 9.78 Å². The van der Waals surface area contributed by atoms with Gasteiger partial charge in [-0.15, -0.1) is 0 Å². The molecule has 1 heterocycles. The van der Waals surface area contributed by atoms with Gasteiger partial charge in [0, 0.05) is 12.1 Å². The van der Waals surface area contributed by atoms with E-state index in [0.717, 1.165) is 16.8 Å². The molecule has 0 saturated heterocycles. The quantitative estimate of drug-likeness (QED) is 0.795. The second kappa shape index (κ2) is 6.02. The van der Waals surface area contributed by atoms with Gasteiger partial charge in [0.25, 0.3) is 0 Å². The topological polar surface area (TPSA) is 46.9 Å². The fraction of sp³-hybridized carbons (Fsp3) is 0.222. The lowest BCUT2D eigenvalue weighted by atomic mass is 10.1. The van der Waals surface area contributed by atoms with Gasteiger partial charge in [0.05, 0.1) is 12.6 Å². The lowest BCUT2D eigenvalue weighted by Crippen LogP contribution is -2.18. The number of anilines is 1. The van der Waals surface area contributed by atoms with Crippen LogP contribution in [0.4, 0.5) is 5.82 Å². The summed E-state index contributed by atoms with van der Waals surface area (Å²) in [6.45, 7) is 4.07. The molecular formula is C18H19N3O. The molecule has 3 rings (SSSR count). The summed E-state index contributed by atoms with van der Waals surface area (Å²) in [5, 5.41) is 9.49. The average molecular weight is 293 g/mol. The van der Waals surface area contributed by atoms with Crippen LogP contribution in [0.25, 0.3) is 10.8 Å². The van der Waals surface area contributed by atoms with Crippen molar-refractivity contribution in [2.45, 2.75) is 26.3 Å². The van der Waals surface area contributed by atoms with Crippen LogP contribution >= 0.6 is 0 Å². The van der Waals surface area contributed by atoms with Crippen LogP contribution < -0.4 is 5.32 Å². The number of carbonyl (C=O) groups is 1. The number of aromatic nitrogens is 2. The Morgan fingerprint density at radius 1 is 1.14 bits per heavy atom. The Labute approximate surface area is 129 Å². The Bertz CT molecular complexity index is 805. The monoisotopic (exact) mass is 293 g/mol. The fourth-order valence-corrected chi connectivity index (χ4v) is 2.55. The number of hydrogen-bond acceptors (Lipinski definition) is 2. The van der Waals surface area contributed by atoms with E-state index in [1.165, 1.54) is 5.39 Å². The van der Waals surface area contributed by atoms with Crippen LogP contribution in [0.2, 0.25) is 0 Å². The molecule has 3 aromatic rings. The van der Waals surface area contributed by atoms with Crippen LogP contribution in [0.5, 0.6) is 0 Å². The van der Waals surface area contributed by atoms with Gasteiger partial charge >= 0.3 is 0 Å². The van der Waals surface area contributed by atoms with Gasteiger partial charge in [-0.1, -0.05) is 42.5 Å². The Balaban J connectivity index is 1.74. The Morgan fingerprint density at radius 2 is 1.91 bits per heavy atom. The van der Waals surface area contributed by atoms with Gasteiger partial charge in [0.15, 0.2) is 0 Å². The lowest BCUT2D eigenvalue weighted by Gasteiger charge is -2.12. The van der Waals surface area contributed by atoms with Crippen LogP contribution in [-0.2, 0) is 11.2 Å². The van der Waals surface area contributed by atoms with Crippen LogP contribution in [0.3, 0.4) is 0 Å². The van der Waals surface area contributed by atoms with Crippen molar-refractivity contribution in [2.75, 3.05) is 5.32 Å². The number of hydrogen-bond donors (Lipinski definition) is 1. The van der Waals surface area contributed by atoms with E-state index in [1.807, 2.05) is 38.1 Å². The van der Waals surface area contributed by atoms with E-state index in [2.05, 4.69) is 34.7 Å². The molecule has 0 fully saturated rings. The van der Waals surface area contributed by atoms with Gasteiger partial charge in [0.1, 0.15) is 5.82 Å². The Morgan fingerprint density at radius 3 is 2.68 bits per heavy atom. The van der Waals surface area contributed by atoms with E-state index in [-0.39, 0.29) is 11.9 Å². The van der Waals surface area contributed by atoms with Crippen molar-refractivity contribution < 1.29 is 4.79 Å². The summed E-state index contributed by atoms with van der Waals surface area (Å²) in [5.74, 6) is 0.707. The van der Waals surface area contributed by atoms with E-state index >= 15 is 0 Å². The van der Waals surface area contributed by atoms with E-state index in [4.69, 9.17) is 0 Å². The Hall–Kier alpha value is -2.62. The average Bonchev–Trinajstić information content (AvgIpc) is 2.95. The van der Waals surface area contributed by atoms with Crippen molar-refractivity contribution in [3.63, 3.8) is 0 Å². The van der Waals surface area contributed by atoms with Gasteiger partial charge in [-0.05, 0) is 30.2 Å². The van der Waals surface area contributed by atoms with Crippen molar-refractivity contribution in [1.29, 1.82) is 0 Å². The Kier molecular flexibility index (Phi) is 3.92. The van der Waals surface area contributed by atoms with Crippen LogP contribution in [-0.4, -0.2) is 15.7 Å². The van der Waals surface area contributed by atoms with Crippen LogP contribution in [0.15, 0.2) is 54.7 Å². The highest BCUT2D eigenvalue weighted by Gasteiger charge is 2.10. The van der Waals surface area contributed by atoms with E-state index in [9.17, 15) is 4.79 Å². The highest BCUT2D eigenvalue weighted by Crippen LogP contribution is 2.17. The molecule has 112 valence electrons. The zero-order valence-corrected chi connectivity index (χ0v) is 12.8. The number of benzene rings is 2. The molecule has 0 radical (unpaired) electrons. The molecule has 2 aromatic carbocycles. The first-order valence-electron chi connectivity index (χ1n) is 7.44. The summed E-state index contributed by atoms with van der Waals surface area (Å²) in [7, 11) is 0. The number of carbonyl (C=O) groups excluding carboxylic acids is 1. The number of amides is 1. The fourth-order valence-electron chi connectivity index (χ4n) is 2.55. The van der Waals surface area contributed by atoms with Crippen molar-refractivity contribution in [3.05, 3.63) is 60.3 Å². The number of rotatable bonds is 4. The van der Waals surface area contributed by atoms with Crippen molar-refractivity contribution in [2.24, 2.45) is 0 Å². The van der Waals surface area contributed by atoms with Gasteiger partial charge in [0.2, 0.25) is 5.91 Å². The second-order valence-electron chi connectivity index (χ2n) is 5.66. The van der Waals surface area contributed by atoms with Gasteiger partial charge in [-0.3, -0.25) is 4.79 Å². The maximum atomic E-state index is 12.2.